The van der Waals surface area contributed by atoms with Gasteiger partial charge < -0.3 is 0 Å². The van der Waals surface area contributed by atoms with Gasteiger partial charge in [-0.1, -0.05) is 0 Å². The second-order valence-corrected chi connectivity index (χ2v) is 3.55. The molecule has 0 aliphatic rings. The normalized spacial score (nSPS) is 11.9. The Bertz CT molecular complexity index is 212. The van der Waals surface area contributed by atoms with Crippen LogP contribution in [0.2, 0.25) is 0 Å². The molecule has 1 aromatic rings. The molecule has 1 unspecified atom stereocenters. The molecular formula is C3H6N3S2+. The number of rotatable bonds is 1. The average molecular weight is 148 g/mol. The fourth-order valence-corrected chi connectivity index (χ4v) is 1.50. The van der Waals surface area contributed by atoms with E-state index in [1.165, 1.54) is 0 Å². The Labute approximate surface area is 54.9 Å². The summed E-state index contributed by atoms with van der Waals surface area (Å²) in [5, 5.41) is 6.42. The van der Waals surface area contributed by atoms with Gasteiger partial charge in [0.15, 0.2) is 5.51 Å². The van der Waals surface area contributed by atoms with E-state index in [4.69, 9.17) is 12.2 Å². The van der Waals surface area contributed by atoms with Crippen molar-refractivity contribution in [1.29, 1.82) is 0 Å². The van der Waals surface area contributed by atoms with Gasteiger partial charge in [-0.2, -0.15) is 4.72 Å². The molecule has 0 saturated carbocycles. The van der Waals surface area contributed by atoms with Crippen LogP contribution in [-0.2, 0) is 0 Å². The Morgan fingerprint density at radius 1 is 2.00 bits per heavy atom. The predicted octanol–water partition coefficient (Wildman–Crippen LogP) is 1.06. The van der Waals surface area contributed by atoms with Crippen molar-refractivity contribution in [2.45, 2.75) is 0 Å². The van der Waals surface area contributed by atoms with Crippen molar-refractivity contribution < 1.29 is 0 Å². The Balaban J connectivity index is 3.11. The molecule has 0 aliphatic heterocycles. The molecule has 1 aromatic heterocycles. The first kappa shape index (κ1) is 5.87. The van der Waals surface area contributed by atoms with Crippen LogP contribution in [0.3, 0.4) is 0 Å². The maximum Gasteiger partial charge on any atom is 0.390 e. The molecule has 0 radical (unpaired) electrons. The average Bonchev–Trinajstić information content (AvgIpc) is 2.14. The first-order valence-electron chi connectivity index (χ1n) is 2.08. The molecule has 5 heteroatoms. The van der Waals surface area contributed by atoms with Gasteiger partial charge in [0.1, 0.15) is 0 Å². The molecule has 2 N–H and O–H groups in total. The number of aromatic nitrogens is 2. The molecule has 3 nitrogen and oxygen atoms in total. The smallest absolute Gasteiger partial charge is 0.217 e. The molecule has 0 amide bonds. The number of aromatic amines is 1. The SMILES string of the molecule is CN[s+]1cn[nH]c1=S. The standard InChI is InChI=1S/C3H5N3S2/c1-4-8-2-5-6-3(8)7/h2,4H,1H3/p+1. The second-order valence-electron chi connectivity index (χ2n) is 1.18. The van der Waals surface area contributed by atoms with E-state index in [9.17, 15) is 0 Å². The minimum absolute atomic E-state index is 0.100. The second kappa shape index (κ2) is 2.34. The Morgan fingerprint density at radius 3 is 3.00 bits per heavy atom. The van der Waals surface area contributed by atoms with Gasteiger partial charge in [0.25, 0.3) is 12.2 Å². The summed E-state index contributed by atoms with van der Waals surface area (Å²) >= 11 is 4.85. The van der Waals surface area contributed by atoms with Crippen LogP contribution in [0.25, 0.3) is 0 Å². The van der Waals surface area contributed by atoms with Gasteiger partial charge in [0.2, 0.25) is 0 Å². The topological polar surface area (TPSA) is 40.7 Å². The van der Waals surface area contributed by atoms with E-state index in [2.05, 4.69) is 14.9 Å². The largest absolute Gasteiger partial charge is 0.390 e. The van der Waals surface area contributed by atoms with E-state index in [1.807, 2.05) is 7.05 Å². The molecule has 0 saturated heterocycles. The van der Waals surface area contributed by atoms with Crippen molar-refractivity contribution in [2.75, 3.05) is 11.8 Å². The van der Waals surface area contributed by atoms with Crippen LogP contribution in [0.1, 0.15) is 0 Å². The molecule has 44 valence electrons. The fraction of sp³-hybridized carbons (Fsp3) is 0.333. The zero-order valence-corrected chi connectivity index (χ0v) is 5.97. The summed E-state index contributed by atoms with van der Waals surface area (Å²) in [6.45, 7) is 0. The lowest BCUT2D eigenvalue weighted by Gasteiger charge is -1.76. The lowest BCUT2D eigenvalue weighted by Crippen LogP contribution is -1.80. The summed E-state index contributed by atoms with van der Waals surface area (Å²) in [4.78, 5) is 0. The van der Waals surface area contributed by atoms with Crippen LogP contribution < -0.4 is 4.72 Å². The van der Waals surface area contributed by atoms with Gasteiger partial charge in [-0.15, -0.1) is 5.10 Å². The van der Waals surface area contributed by atoms with Crippen LogP contribution in [0.15, 0.2) is 5.51 Å². The molecule has 8 heavy (non-hydrogen) atoms. The maximum absolute atomic E-state index is 4.85. The third-order valence-electron chi connectivity index (χ3n) is 0.734. The monoisotopic (exact) mass is 148 g/mol. The summed E-state index contributed by atoms with van der Waals surface area (Å²) in [7, 11) is 1.76. The van der Waals surface area contributed by atoms with Gasteiger partial charge in [-0.3, -0.25) is 0 Å². The quantitative estimate of drug-likeness (QED) is 0.462. The van der Waals surface area contributed by atoms with Gasteiger partial charge in [0, 0.05) is 17.7 Å². The van der Waals surface area contributed by atoms with Crippen molar-refractivity contribution in [3.8, 4) is 0 Å². The summed E-state index contributed by atoms with van der Waals surface area (Å²) in [5.74, 6) is 0. The van der Waals surface area contributed by atoms with Gasteiger partial charge in [-0.25, -0.2) is 5.10 Å². The first-order chi connectivity index (χ1) is 3.84. The maximum atomic E-state index is 4.85. The minimum Gasteiger partial charge on any atom is -0.217 e. The van der Waals surface area contributed by atoms with Crippen LogP contribution in [0.5, 0.6) is 0 Å². The van der Waals surface area contributed by atoms with Crippen molar-refractivity contribution in [1.82, 2.24) is 10.2 Å². The molecule has 1 atom stereocenters. The van der Waals surface area contributed by atoms with E-state index in [-0.39, 0.29) is 10.7 Å². The van der Waals surface area contributed by atoms with E-state index in [0.717, 1.165) is 3.95 Å². The number of nitrogens with one attached hydrogen (secondary N) is 2. The van der Waals surface area contributed by atoms with Crippen LogP contribution >= 0.6 is 22.9 Å². The zero-order valence-electron chi connectivity index (χ0n) is 4.34. The molecule has 0 bridgehead atoms. The zero-order chi connectivity index (χ0) is 5.98. The van der Waals surface area contributed by atoms with Crippen molar-refractivity contribution in [2.24, 2.45) is 0 Å². The van der Waals surface area contributed by atoms with Gasteiger partial charge in [0.05, 0.1) is 0 Å². The van der Waals surface area contributed by atoms with E-state index < -0.39 is 0 Å². The van der Waals surface area contributed by atoms with E-state index in [0.29, 0.717) is 0 Å². The number of H-pyrrole nitrogens is 1. The van der Waals surface area contributed by atoms with Crippen LogP contribution in [-0.4, -0.2) is 17.2 Å². The highest BCUT2D eigenvalue weighted by molar-refractivity contribution is 7.74. The number of nitrogens with zero attached hydrogens (tertiary/aromatic N) is 1. The molecular weight excluding hydrogens is 142 g/mol. The van der Waals surface area contributed by atoms with Crippen molar-refractivity contribution in [3.63, 3.8) is 0 Å². The van der Waals surface area contributed by atoms with Crippen molar-refractivity contribution >= 4 is 22.9 Å². The highest BCUT2D eigenvalue weighted by Crippen LogP contribution is 2.08. The van der Waals surface area contributed by atoms with E-state index in [1.54, 1.807) is 5.51 Å². The molecule has 1 heterocycles. The van der Waals surface area contributed by atoms with Gasteiger partial charge >= 0.3 is 3.95 Å². The third kappa shape index (κ3) is 0.936. The molecule has 0 spiro atoms. The first-order valence-corrected chi connectivity index (χ1v) is 3.78. The number of hydrogen-bond donors (Lipinski definition) is 2. The Hall–Kier alpha value is -0.260. The summed E-state index contributed by atoms with van der Waals surface area (Å²) < 4.78 is 3.76. The molecule has 0 aromatic carbocycles. The fourth-order valence-electron chi connectivity index (χ4n) is 0.374. The molecule has 0 aliphatic carbocycles. The summed E-state index contributed by atoms with van der Waals surface area (Å²) in [5.41, 5.74) is 1.77. The van der Waals surface area contributed by atoms with E-state index >= 15 is 0 Å². The lowest BCUT2D eigenvalue weighted by atomic mass is 11.6. The third-order valence-corrected chi connectivity index (χ3v) is 2.61. The van der Waals surface area contributed by atoms with Crippen LogP contribution in [0, 0.1) is 3.95 Å². The Morgan fingerprint density at radius 2 is 2.75 bits per heavy atom. The predicted molar refractivity (Wildman–Crippen MR) is 37.2 cm³/mol. The van der Waals surface area contributed by atoms with Crippen LogP contribution in [0.4, 0.5) is 0 Å². The van der Waals surface area contributed by atoms with Gasteiger partial charge in [-0.05, 0) is 0 Å². The summed E-state index contributed by atoms with van der Waals surface area (Å²) in [6.07, 6.45) is 0. The highest BCUT2D eigenvalue weighted by Gasteiger charge is 1.98. The van der Waals surface area contributed by atoms with Crippen molar-refractivity contribution in [3.05, 3.63) is 9.46 Å². The lowest BCUT2D eigenvalue weighted by molar-refractivity contribution is 1.08. The number of hydrogen-bond acceptors (Lipinski definition) is 3. The summed E-state index contributed by atoms with van der Waals surface area (Å²) in [6, 6.07) is 0. The molecule has 0 fully saturated rings. The Kier molecular flexibility index (Phi) is 1.72. The molecule has 1 rings (SSSR count). The highest BCUT2D eigenvalue weighted by atomic mass is 32.2. The minimum atomic E-state index is -0.100.